The number of hydrogen-bond acceptors (Lipinski definition) is 2. The van der Waals surface area contributed by atoms with Crippen molar-refractivity contribution in [1.82, 2.24) is 10.6 Å². The topological polar surface area (TPSA) is 41.1 Å². The number of rotatable bonds is 3. The third kappa shape index (κ3) is 3.95. The summed E-state index contributed by atoms with van der Waals surface area (Å²) in [6.45, 7) is 5.06. The summed E-state index contributed by atoms with van der Waals surface area (Å²) in [6.07, 6.45) is 1.84. The fourth-order valence-corrected chi connectivity index (χ4v) is 2.66. The fraction of sp³-hybridized carbons (Fsp3) is 0.533. The van der Waals surface area contributed by atoms with Gasteiger partial charge in [0.1, 0.15) is 0 Å². The molecule has 3 atom stereocenters. The number of carbonyl (C=O) groups is 1. The van der Waals surface area contributed by atoms with Crippen molar-refractivity contribution < 1.29 is 4.79 Å². The molecule has 1 fully saturated rings. The molecule has 1 amide bonds. The van der Waals surface area contributed by atoms with Crippen LogP contribution in [0.5, 0.6) is 0 Å². The minimum absolute atomic E-state index is 0.0231. The molecule has 1 aliphatic heterocycles. The van der Waals surface area contributed by atoms with E-state index in [1.165, 1.54) is 0 Å². The lowest BCUT2D eigenvalue weighted by atomic mass is 9.92. The molecule has 2 rings (SSSR count). The van der Waals surface area contributed by atoms with Crippen molar-refractivity contribution in [2.45, 2.75) is 38.8 Å². The van der Waals surface area contributed by atoms with E-state index in [2.05, 4.69) is 17.6 Å². The zero-order chi connectivity index (χ0) is 13.8. The molecule has 3 nitrogen and oxygen atoms in total. The van der Waals surface area contributed by atoms with Gasteiger partial charge in [-0.2, -0.15) is 0 Å². The number of amides is 1. The average Bonchev–Trinajstić information content (AvgIpc) is 2.39. The predicted molar refractivity (Wildman–Crippen MR) is 78.2 cm³/mol. The normalized spacial score (nSPS) is 24.8. The Morgan fingerprint density at radius 3 is 2.74 bits per heavy atom. The highest BCUT2D eigenvalue weighted by Gasteiger charge is 2.25. The molecule has 1 saturated heterocycles. The zero-order valence-electron chi connectivity index (χ0n) is 11.4. The molecular formula is C15H21ClN2O. The first kappa shape index (κ1) is 14.4. The Bertz CT molecular complexity index is 432. The highest BCUT2D eigenvalue weighted by atomic mass is 35.5. The van der Waals surface area contributed by atoms with Gasteiger partial charge in [-0.3, -0.25) is 4.79 Å². The van der Waals surface area contributed by atoms with Crippen molar-refractivity contribution in [1.29, 1.82) is 0 Å². The third-order valence-corrected chi connectivity index (χ3v) is 3.98. The molecule has 0 saturated carbocycles. The van der Waals surface area contributed by atoms with Gasteiger partial charge in [0.2, 0.25) is 5.91 Å². The maximum absolute atomic E-state index is 12.2. The molecular weight excluding hydrogens is 260 g/mol. The highest BCUT2D eigenvalue weighted by Crippen LogP contribution is 2.20. The van der Waals surface area contributed by atoms with Gasteiger partial charge in [-0.05, 0) is 50.9 Å². The van der Waals surface area contributed by atoms with Gasteiger partial charge in [-0.15, -0.1) is 0 Å². The molecule has 2 N–H and O–H groups in total. The Kier molecular flexibility index (Phi) is 4.83. The van der Waals surface area contributed by atoms with E-state index < -0.39 is 0 Å². The van der Waals surface area contributed by atoms with Crippen LogP contribution in [0.15, 0.2) is 24.3 Å². The first-order valence-electron chi connectivity index (χ1n) is 6.85. The lowest BCUT2D eigenvalue weighted by Gasteiger charge is -2.28. The lowest BCUT2D eigenvalue weighted by Crippen LogP contribution is -2.42. The molecule has 4 heteroatoms. The van der Waals surface area contributed by atoms with E-state index in [-0.39, 0.29) is 17.9 Å². The van der Waals surface area contributed by atoms with E-state index >= 15 is 0 Å². The van der Waals surface area contributed by atoms with Crippen LogP contribution in [-0.4, -0.2) is 18.5 Å². The molecule has 1 aromatic carbocycles. The summed E-state index contributed by atoms with van der Waals surface area (Å²) in [6, 6.07) is 8.07. The summed E-state index contributed by atoms with van der Waals surface area (Å²) < 4.78 is 0. The van der Waals surface area contributed by atoms with Crippen molar-refractivity contribution in [3.8, 4) is 0 Å². The van der Waals surface area contributed by atoms with E-state index in [4.69, 9.17) is 11.6 Å². The average molecular weight is 281 g/mol. The second-order valence-electron chi connectivity index (χ2n) is 5.36. The van der Waals surface area contributed by atoms with Crippen molar-refractivity contribution in [3.05, 3.63) is 34.9 Å². The van der Waals surface area contributed by atoms with Gasteiger partial charge in [0.15, 0.2) is 0 Å². The molecule has 2 unspecified atom stereocenters. The van der Waals surface area contributed by atoms with E-state index in [1.807, 2.05) is 31.2 Å². The summed E-state index contributed by atoms with van der Waals surface area (Å²) in [5.74, 6) is 0.293. The molecule has 1 aliphatic rings. The smallest absolute Gasteiger partial charge is 0.223 e. The first-order chi connectivity index (χ1) is 9.06. The monoisotopic (exact) mass is 280 g/mol. The quantitative estimate of drug-likeness (QED) is 0.894. The zero-order valence-corrected chi connectivity index (χ0v) is 12.2. The summed E-state index contributed by atoms with van der Waals surface area (Å²) >= 11 is 5.87. The van der Waals surface area contributed by atoms with Gasteiger partial charge in [0, 0.05) is 17.0 Å². The number of nitrogens with one attached hydrogen (secondary N) is 2. The van der Waals surface area contributed by atoms with Gasteiger partial charge in [0.25, 0.3) is 0 Å². The van der Waals surface area contributed by atoms with Crippen LogP contribution >= 0.6 is 11.6 Å². The van der Waals surface area contributed by atoms with Crippen molar-refractivity contribution >= 4 is 17.5 Å². The van der Waals surface area contributed by atoms with E-state index in [0.717, 1.165) is 30.0 Å². The summed E-state index contributed by atoms with van der Waals surface area (Å²) in [4.78, 5) is 12.2. The summed E-state index contributed by atoms with van der Waals surface area (Å²) in [7, 11) is 0. The van der Waals surface area contributed by atoms with Crippen LogP contribution in [0.1, 0.15) is 38.3 Å². The molecule has 104 valence electrons. The maximum Gasteiger partial charge on any atom is 0.223 e. The van der Waals surface area contributed by atoms with Crippen molar-refractivity contribution in [2.24, 2.45) is 5.92 Å². The minimum atomic E-state index is 0.0231. The van der Waals surface area contributed by atoms with E-state index in [0.29, 0.717) is 6.04 Å². The van der Waals surface area contributed by atoms with Gasteiger partial charge < -0.3 is 10.6 Å². The summed E-state index contributed by atoms with van der Waals surface area (Å²) in [5.41, 5.74) is 1.08. The molecule has 19 heavy (non-hydrogen) atoms. The number of halogens is 1. The predicted octanol–water partition coefficient (Wildman–Crippen LogP) is 2.91. The lowest BCUT2D eigenvalue weighted by molar-refractivity contribution is -0.126. The molecule has 0 spiro atoms. The number of piperidine rings is 1. The van der Waals surface area contributed by atoms with E-state index in [1.54, 1.807) is 0 Å². The van der Waals surface area contributed by atoms with Crippen LogP contribution in [0.2, 0.25) is 5.02 Å². The van der Waals surface area contributed by atoms with Crippen LogP contribution in [0.3, 0.4) is 0 Å². The Hall–Kier alpha value is -1.06. The first-order valence-corrected chi connectivity index (χ1v) is 7.23. The second-order valence-corrected chi connectivity index (χ2v) is 5.79. The molecule has 1 heterocycles. The fourth-order valence-electron chi connectivity index (χ4n) is 2.54. The maximum atomic E-state index is 12.2. The van der Waals surface area contributed by atoms with Gasteiger partial charge >= 0.3 is 0 Å². The molecule has 1 aromatic rings. The Morgan fingerprint density at radius 2 is 2.11 bits per heavy atom. The minimum Gasteiger partial charge on any atom is -0.349 e. The molecule has 0 aliphatic carbocycles. The Morgan fingerprint density at radius 1 is 1.42 bits per heavy atom. The van der Waals surface area contributed by atoms with Gasteiger partial charge in [0.05, 0.1) is 6.04 Å². The standard InChI is InChI=1S/C15H21ClN2O/c1-10-9-13(7-8-17-10)15(19)18-11(2)12-3-5-14(16)6-4-12/h3-6,10-11,13,17H,7-9H2,1-2H3,(H,18,19)/t10?,11-,13?/m0/s1. The van der Waals surface area contributed by atoms with Crippen LogP contribution in [-0.2, 0) is 4.79 Å². The Labute approximate surface area is 119 Å². The van der Waals surface area contributed by atoms with E-state index in [9.17, 15) is 4.79 Å². The largest absolute Gasteiger partial charge is 0.349 e. The summed E-state index contributed by atoms with van der Waals surface area (Å²) in [5, 5.41) is 7.18. The Balaban J connectivity index is 1.92. The van der Waals surface area contributed by atoms with Gasteiger partial charge in [-0.25, -0.2) is 0 Å². The molecule has 0 bridgehead atoms. The third-order valence-electron chi connectivity index (χ3n) is 3.72. The number of carbonyl (C=O) groups excluding carboxylic acids is 1. The van der Waals surface area contributed by atoms with Crippen LogP contribution in [0, 0.1) is 5.92 Å². The van der Waals surface area contributed by atoms with Crippen molar-refractivity contribution in [3.63, 3.8) is 0 Å². The number of benzene rings is 1. The number of hydrogen-bond donors (Lipinski definition) is 2. The van der Waals surface area contributed by atoms with Crippen LogP contribution in [0.25, 0.3) is 0 Å². The van der Waals surface area contributed by atoms with Crippen LogP contribution < -0.4 is 10.6 Å². The van der Waals surface area contributed by atoms with Gasteiger partial charge in [-0.1, -0.05) is 23.7 Å². The molecule has 0 aromatic heterocycles. The van der Waals surface area contributed by atoms with Crippen LogP contribution in [0.4, 0.5) is 0 Å². The second kappa shape index (κ2) is 6.40. The van der Waals surface area contributed by atoms with Crippen molar-refractivity contribution in [2.75, 3.05) is 6.54 Å². The molecule has 0 radical (unpaired) electrons. The SMILES string of the molecule is CC1CC(C(=O)N[C@@H](C)c2ccc(Cl)cc2)CCN1. The highest BCUT2D eigenvalue weighted by molar-refractivity contribution is 6.30.